The van der Waals surface area contributed by atoms with E-state index in [0.29, 0.717) is 5.88 Å². The highest BCUT2D eigenvalue weighted by Gasteiger charge is 2.31. The summed E-state index contributed by atoms with van der Waals surface area (Å²) in [5, 5.41) is 5.20. The number of aromatic nitrogens is 2. The number of hydrogen-bond acceptors (Lipinski definition) is 6. The first kappa shape index (κ1) is 18.0. The van der Waals surface area contributed by atoms with Gasteiger partial charge in [0.15, 0.2) is 0 Å². The number of benzene rings is 1. The molecule has 1 aliphatic heterocycles. The van der Waals surface area contributed by atoms with Gasteiger partial charge in [-0.25, -0.2) is 9.97 Å². The molecule has 0 amide bonds. The smallest absolute Gasteiger partial charge is 0.473 e. The molecule has 0 atom stereocenters. The van der Waals surface area contributed by atoms with Crippen LogP contribution < -0.4 is 14.8 Å². The van der Waals surface area contributed by atoms with Crippen molar-refractivity contribution in [1.29, 1.82) is 0 Å². The van der Waals surface area contributed by atoms with Gasteiger partial charge in [-0.2, -0.15) is 0 Å². The van der Waals surface area contributed by atoms with E-state index in [0.717, 1.165) is 47.3 Å². The van der Waals surface area contributed by atoms with Crippen LogP contribution in [0.1, 0.15) is 12.8 Å². The van der Waals surface area contributed by atoms with Gasteiger partial charge in [0.25, 0.3) is 0 Å². The fourth-order valence-corrected chi connectivity index (χ4v) is 3.98. The molecule has 0 saturated carbocycles. The molecule has 27 heavy (non-hydrogen) atoms. The van der Waals surface area contributed by atoms with E-state index < -0.39 is 6.36 Å². The molecule has 1 aromatic carbocycles. The normalized spacial score (nSPS) is 15.8. The molecule has 2 aromatic heterocycles. The fraction of sp³-hybridized carbons (Fsp3) is 0.333. The minimum atomic E-state index is -4.70. The Hall–Kier alpha value is -2.39. The van der Waals surface area contributed by atoms with E-state index in [-0.39, 0.29) is 11.9 Å². The predicted octanol–water partition coefficient (Wildman–Crippen LogP) is 4.39. The van der Waals surface area contributed by atoms with Gasteiger partial charge in [-0.15, -0.1) is 24.5 Å². The van der Waals surface area contributed by atoms with Crippen molar-refractivity contribution in [2.75, 3.05) is 13.1 Å². The lowest BCUT2D eigenvalue weighted by Gasteiger charge is -2.23. The van der Waals surface area contributed by atoms with Crippen molar-refractivity contribution in [1.82, 2.24) is 15.3 Å². The van der Waals surface area contributed by atoms with Gasteiger partial charge in [-0.1, -0.05) is 12.1 Å². The molecule has 9 heteroatoms. The molecule has 5 nitrogen and oxygen atoms in total. The molecule has 0 unspecified atom stereocenters. The molecule has 1 N–H and O–H groups in total. The highest BCUT2D eigenvalue weighted by molar-refractivity contribution is 7.18. The van der Waals surface area contributed by atoms with Crippen LogP contribution in [0, 0.1) is 0 Å². The summed E-state index contributed by atoms with van der Waals surface area (Å²) in [5.41, 5.74) is 2.30. The molecular weight excluding hydrogens is 379 g/mol. The van der Waals surface area contributed by atoms with Crippen LogP contribution in [-0.2, 0) is 0 Å². The standard InChI is InChI=1S/C18H16F3N3O2S/c19-18(20,21)26-13-3-1-11(2-4-13)14-9-27-16-15(14)23-10-24-17(16)25-12-5-7-22-8-6-12/h1-4,9-10,12,22H,5-8H2. The lowest BCUT2D eigenvalue weighted by Crippen LogP contribution is -2.34. The lowest BCUT2D eigenvalue weighted by atomic mass is 10.1. The molecule has 3 aromatic rings. The average molecular weight is 395 g/mol. The van der Waals surface area contributed by atoms with E-state index in [9.17, 15) is 13.2 Å². The molecule has 1 aliphatic rings. The molecule has 1 saturated heterocycles. The van der Waals surface area contributed by atoms with Gasteiger partial charge < -0.3 is 14.8 Å². The summed E-state index contributed by atoms with van der Waals surface area (Å²) in [5.74, 6) is 0.301. The quantitative estimate of drug-likeness (QED) is 0.710. The second kappa shape index (κ2) is 7.32. The summed E-state index contributed by atoms with van der Waals surface area (Å²) in [7, 11) is 0. The summed E-state index contributed by atoms with van der Waals surface area (Å²) < 4.78 is 47.7. The van der Waals surface area contributed by atoms with Crippen LogP contribution in [0.2, 0.25) is 0 Å². The molecule has 0 aliphatic carbocycles. The first-order chi connectivity index (χ1) is 13.0. The van der Waals surface area contributed by atoms with Crippen LogP contribution in [0.3, 0.4) is 0 Å². The Morgan fingerprint density at radius 3 is 2.52 bits per heavy atom. The first-order valence-electron chi connectivity index (χ1n) is 8.45. The summed E-state index contributed by atoms with van der Waals surface area (Å²) in [4.78, 5) is 8.62. The van der Waals surface area contributed by atoms with Crippen LogP contribution in [-0.4, -0.2) is 35.5 Å². The second-order valence-corrected chi connectivity index (χ2v) is 7.02. The largest absolute Gasteiger partial charge is 0.573 e. The number of alkyl halides is 3. The molecular formula is C18H16F3N3O2S. The van der Waals surface area contributed by atoms with Crippen molar-refractivity contribution in [2.45, 2.75) is 25.3 Å². The minimum Gasteiger partial charge on any atom is -0.473 e. The van der Waals surface area contributed by atoms with E-state index >= 15 is 0 Å². The van der Waals surface area contributed by atoms with E-state index in [1.807, 2.05) is 5.38 Å². The first-order valence-corrected chi connectivity index (χ1v) is 9.33. The third kappa shape index (κ3) is 4.14. The molecule has 3 heterocycles. The van der Waals surface area contributed by atoms with Crippen LogP contribution in [0.4, 0.5) is 13.2 Å². The Morgan fingerprint density at radius 1 is 1.07 bits per heavy atom. The van der Waals surface area contributed by atoms with Gasteiger partial charge in [0, 0.05) is 10.9 Å². The number of fused-ring (bicyclic) bond motifs is 1. The number of piperidine rings is 1. The number of rotatable bonds is 4. The van der Waals surface area contributed by atoms with Crippen molar-refractivity contribution < 1.29 is 22.6 Å². The van der Waals surface area contributed by atoms with Gasteiger partial charge in [-0.05, 0) is 43.6 Å². The average Bonchev–Trinajstić information content (AvgIpc) is 3.07. The third-order valence-electron chi connectivity index (χ3n) is 4.28. The second-order valence-electron chi connectivity index (χ2n) is 6.15. The zero-order chi connectivity index (χ0) is 18.9. The van der Waals surface area contributed by atoms with Crippen molar-refractivity contribution in [3.05, 3.63) is 36.0 Å². The zero-order valence-electron chi connectivity index (χ0n) is 14.1. The summed E-state index contributed by atoms with van der Waals surface area (Å²) in [6.45, 7) is 1.84. The molecule has 1 fully saturated rings. The Morgan fingerprint density at radius 2 is 1.81 bits per heavy atom. The van der Waals surface area contributed by atoms with Gasteiger partial charge >= 0.3 is 6.36 Å². The van der Waals surface area contributed by atoms with Crippen molar-refractivity contribution in [3.63, 3.8) is 0 Å². The maximum absolute atomic E-state index is 12.3. The summed E-state index contributed by atoms with van der Waals surface area (Å²) >= 11 is 1.46. The van der Waals surface area contributed by atoms with Crippen LogP contribution >= 0.6 is 11.3 Å². The number of nitrogens with one attached hydrogen (secondary N) is 1. The van der Waals surface area contributed by atoms with E-state index in [1.54, 1.807) is 12.1 Å². The maximum atomic E-state index is 12.3. The minimum absolute atomic E-state index is 0.119. The Labute approximate surface area is 157 Å². The molecule has 0 bridgehead atoms. The summed E-state index contributed by atoms with van der Waals surface area (Å²) in [6, 6.07) is 5.75. The summed E-state index contributed by atoms with van der Waals surface area (Å²) in [6.07, 6.45) is -1.29. The number of hydrogen-bond donors (Lipinski definition) is 1. The zero-order valence-corrected chi connectivity index (χ0v) is 14.9. The van der Waals surface area contributed by atoms with Crippen molar-refractivity contribution in [3.8, 4) is 22.8 Å². The third-order valence-corrected chi connectivity index (χ3v) is 5.24. The maximum Gasteiger partial charge on any atom is 0.573 e. The Balaban J connectivity index is 1.60. The molecule has 0 spiro atoms. The van der Waals surface area contributed by atoms with Crippen LogP contribution in [0.15, 0.2) is 36.0 Å². The van der Waals surface area contributed by atoms with Crippen LogP contribution in [0.25, 0.3) is 21.3 Å². The fourth-order valence-electron chi connectivity index (χ4n) is 3.03. The number of halogens is 3. The van der Waals surface area contributed by atoms with E-state index in [1.165, 1.54) is 29.8 Å². The highest BCUT2D eigenvalue weighted by Crippen LogP contribution is 2.37. The van der Waals surface area contributed by atoms with Gasteiger partial charge in [0.05, 0.1) is 5.52 Å². The van der Waals surface area contributed by atoms with E-state index in [2.05, 4.69) is 20.0 Å². The van der Waals surface area contributed by atoms with E-state index in [4.69, 9.17) is 4.74 Å². The van der Waals surface area contributed by atoms with Crippen molar-refractivity contribution >= 4 is 21.6 Å². The van der Waals surface area contributed by atoms with Crippen molar-refractivity contribution in [2.24, 2.45) is 0 Å². The number of thiophene rings is 1. The van der Waals surface area contributed by atoms with Gasteiger partial charge in [0.2, 0.25) is 5.88 Å². The van der Waals surface area contributed by atoms with Crippen LogP contribution in [0.5, 0.6) is 11.6 Å². The molecule has 0 radical (unpaired) electrons. The molecule has 142 valence electrons. The SMILES string of the molecule is FC(F)(F)Oc1ccc(-c2csc3c(OC4CCNCC4)ncnc23)cc1. The monoisotopic (exact) mass is 395 g/mol. The predicted molar refractivity (Wildman–Crippen MR) is 96.1 cm³/mol. The Bertz CT molecular complexity index is 922. The lowest BCUT2D eigenvalue weighted by molar-refractivity contribution is -0.274. The van der Waals surface area contributed by atoms with Gasteiger partial charge in [-0.3, -0.25) is 0 Å². The number of ether oxygens (including phenoxy) is 2. The topological polar surface area (TPSA) is 56.3 Å². The van der Waals surface area contributed by atoms with Gasteiger partial charge in [0.1, 0.15) is 22.9 Å². The Kier molecular flexibility index (Phi) is 4.88. The number of nitrogens with zero attached hydrogens (tertiary/aromatic N) is 2. The molecule has 4 rings (SSSR count). The highest BCUT2D eigenvalue weighted by atomic mass is 32.1.